The van der Waals surface area contributed by atoms with Gasteiger partial charge in [-0.1, -0.05) is 12.1 Å². The van der Waals surface area contributed by atoms with Gasteiger partial charge in [-0.2, -0.15) is 0 Å². The molecule has 0 fully saturated rings. The summed E-state index contributed by atoms with van der Waals surface area (Å²) < 4.78 is 6.30. The van der Waals surface area contributed by atoms with E-state index in [2.05, 4.69) is 9.97 Å². The first-order valence-electron chi connectivity index (χ1n) is 8.27. The van der Waals surface area contributed by atoms with Crippen LogP contribution < -0.4 is 5.56 Å². The van der Waals surface area contributed by atoms with E-state index in [1.807, 2.05) is 0 Å². The van der Waals surface area contributed by atoms with Gasteiger partial charge in [-0.05, 0) is 38.5 Å². The second-order valence-corrected chi connectivity index (χ2v) is 5.96. The van der Waals surface area contributed by atoms with Crippen LogP contribution in [0.3, 0.4) is 0 Å². The first-order chi connectivity index (χ1) is 12.4. The van der Waals surface area contributed by atoms with Crippen LogP contribution in [0.2, 0.25) is 0 Å². The molecule has 0 bridgehead atoms. The van der Waals surface area contributed by atoms with Gasteiger partial charge in [-0.25, -0.2) is 9.78 Å². The molecule has 2 aromatic heterocycles. The molecule has 7 nitrogen and oxygen atoms in total. The van der Waals surface area contributed by atoms with Crippen LogP contribution in [0.4, 0.5) is 0 Å². The molecular formula is C19H19N3O4. The number of Topliss-reactive ketones (excluding diaryl/α,β-unsaturated/α-hetero) is 1. The Bertz CT molecular complexity index is 1060. The van der Waals surface area contributed by atoms with Crippen molar-refractivity contribution in [2.75, 3.05) is 6.61 Å². The van der Waals surface area contributed by atoms with Crippen LogP contribution in [0.5, 0.6) is 0 Å². The van der Waals surface area contributed by atoms with E-state index in [0.717, 1.165) is 0 Å². The largest absolute Gasteiger partial charge is 0.462 e. The number of carbonyl (C=O) groups excluding carboxylic acids is 2. The van der Waals surface area contributed by atoms with Crippen LogP contribution in [0.15, 0.2) is 35.4 Å². The van der Waals surface area contributed by atoms with Crippen molar-refractivity contribution in [2.24, 2.45) is 0 Å². The number of esters is 1. The van der Waals surface area contributed by atoms with Gasteiger partial charge in [0, 0.05) is 5.69 Å². The monoisotopic (exact) mass is 353 g/mol. The fourth-order valence-electron chi connectivity index (χ4n) is 2.99. The number of ether oxygens (including phenoxy) is 1. The van der Waals surface area contributed by atoms with Gasteiger partial charge in [0.15, 0.2) is 5.78 Å². The lowest BCUT2D eigenvalue weighted by molar-refractivity contribution is 0.0525. The van der Waals surface area contributed by atoms with E-state index in [4.69, 9.17) is 4.74 Å². The number of nitrogens with zero attached hydrogens (tertiary/aromatic N) is 2. The van der Waals surface area contributed by atoms with Crippen molar-refractivity contribution >= 4 is 22.7 Å². The lowest BCUT2D eigenvalue weighted by Gasteiger charge is -2.06. The van der Waals surface area contributed by atoms with Gasteiger partial charge < -0.3 is 9.72 Å². The Morgan fingerprint density at radius 2 is 1.96 bits per heavy atom. The van der Waals surface area contributed by atoms with E-state index in [1.165, 1.54) is 10.9 Å². The highest BCUT2D eigenvalue weighted by atomic mass is 16.5. The average molecular weight is 353 g/mol. The van der Waals surface area contributed by atoms with E-state index in [0.29, 0.717) is 33.4 Å². The summed E-state index contributed by atoms with van der Waals surface area (Å²) in [5, 5.41) is 0.453. The molecule has 0 saturated carbocycles. The second-order valence-electron chi connectivity index (χ2n) is 5.96. The number of hydrogen-bond donors (Lipinski definition) is 1. The van der Waals surface area contributed by atoms with Crippen molar-refractivity contribution in [3.63, 3.8) is 0 Å². The third kappa shape index (κ3) is 3.03. The van der Waals surface area contributed by atoms with Gasteiger partial charge in [0.1, 0.15) is 0 Å². The molecule has 1 aromatic carbocycles. The van der Waals surface area contributed by atoms with Gasteiger partial charge in [0.2, 0.25) is 0 Å². The Balaban J connectivity index is 1.94. The summed E-state index contributed by atoms with van der Waals surface area (Å²) in [6.45, 7) is 5.20. The molecule has 26 heavy (non-hydrogen) atoms. The molecule has 0 aliphatic rings. The molecule has 134 valence electrons. The van der Waals surface area contributed by atoms with Gasteiger partial charge in [-0.3, -0.25) is 14.2 Å². The molecule has 0 aliphatic carbocycles. The summed E-state index contributed by atoms with van der Waals surface area (Å²) in [4.78, 5) is 44.4. The van der Waals surface area contributed by atoms with Gasteiger partial charge in [0.25, 0.3) is 5.56 Å². The molecule has 7 heteroatoms. The SMILES string of the molecule is CCOC(=O)c1c(C)[nH]c(C(=O)Cn2cnc3ccccc3c2=O)c1C. The normalized spacial score (nSPS) is 10.9. The Labute approximate surface area is 149 Å². The third-order valence-corrected chi connectivity index (χ3v) is 4.24. The summed E-state index contributed by atoms with van der Waals surface area (Å²) in [6.07, 6.45) is 1.36. The maximum absolute atomic E-state index is 12.7. The molecule has 0 spiro atoms. The highest BCUT2D eigenvalue weighted by Crippen LogP contribution is 2.20. The van der Waals surface area contributed by atoms with E-state index >= 15 is 0 Å². The smallest absolute Gasteiger partial charge is 0.340 e. The average Bonchev–Trinajstić information content (AvgIpc) is 2.92. The number of H-pyrrole nitrogens is 1. The summed E-state index contributed by atoms with van der Waals surface area (Å²) in [5.41, 5.74) is 2.04. The van der Waals surface area contributed by atoms with Crippen molar-refractivity contribution in [3.05, 3.63) is 63.5 Å². The molecule has 2 heterocycles. The number of nitrogens with one attached hydrogen (secondary N) is 1. The van der Waals surface area contributed by atoms with Crippen LogP contribution in [-0.4, -0.2) is 32.9 Å². The number of fused-ring (bicyclic) bond motifs is 1. The van der Waals surface area contributed by atoms with Crippen LogP contribution in [0.25, 0.3) is 10.9 Å². The summed E-state index contributed by atoms with van der Waals surface area (Å²) >= 11 is 0. The second kappa shape index (κ2) is 6.95. The predicted molar refractivity (Wildman–Crippen MR) is 96.6 cm³/mol. The minimum atomic E-state index is -0.470. The van der Waals surface area contributed by atoms with E-state index < -0.39 is 5.97 Å². The number of para-hydroxylation sites is 1. The molecular weight excluding hydrogens is 334 g/mol. The summed E-state index contributed by atoms with van der Waals surface area (Å²) in [5.74, 6) is -0.775. The Hall–Kier alpha value is -3.22. The molecule has 0 radical (unpaired) electrons. The lowest BCUT2D eigenvalue weighted by Crippen LogP contribution is -2.25. The van der Waals surface area contributed by atoms with Crippen LogP contribution in [0.1, 0.15) is 39.0 Å². The summed E-state index contributed by atoms with van der Waals surface area (Å²) in [7, 11) is 0. The number of hydrogen-bond acceptors (Lipinski definition) is 5. The van der Waals surface area contributed by atoms with Crippen molar-refractivity contribution < 1.29 is 14.3 Å². The highest BCUT2D eigenvalue weighted by Gasteiger charge is 2.23. The highest BCUT2D eigenvalue weighted by molar-refractivity contribution is 6.01. The van der Waals surface area contributed by atoms with Crippen LogP contribution >= 0.6 is 0 Å². The molecule has 0 unspecified atom stereocenters. The number of aromatic amines is 1. The van der Waals surface area contributed by atoms with Crippen molar-refractivity contribution in [2.45, 2.75) is 27.3 Å². The Kier molecular flexibility index (Phi) is 4.71. The lowest BCUT2D eigenvalue weighted by atomic mass is 10.1. The topological polar surface area (TPSA) is 94.1 Å². The number of carbonyl (C=O) groups is 2. The standard InChI is InChI=1S/C19H19N3O4/c1-4-26-19(25)16-11(2)17(21-12(16)3)15(23)9-22-10-20-14-8-6-5-7-13(14)18(22)24/h5-8,10,21H,4,9H2,1-3H3. The van der Waals surface area contributed by atoms with Gasteiger partial charge >= 0.3 is 5.97 Å². The zero-order chi connectivity index (χ0) is 18.8. The van der Waals surface area contributed by atoms with E-state index in [-0.39, 0.29) is 24.5 Å². The molecule has 0 aliphatic heterocycles. The van der Waals surface area contributed by atoms with E-state index in [1.54, 1.807) is 45.0 Å². The summed E-state index contributed by atoms with van der Waals surface area (Å²) in [6, 6.07) is 6.97. The number of aryl methyl sites for hydroxylation is 1. The zero-order valence-electron chi connectivity index (χ0n) is 14.8. The van der Waals surface area contributed by atoms with Crippen LogP contribution in [0, 0.1) is 13.8 Å². The number of ketones is 1. The predicted octanol–water partition coefficient (Wildman–Crippen LogP) is 2.40. The molecule has 3 aromatic rings. The third-order valence-electron chi connectivity index (χ3n) is 4.24. The Morgan fingerprint density at radius 3 is 2.69 bits per heavy atom. The molecule has 0 amide bonds. The fourth-order valence-corrected chi connectivity index (χ4v) is 2.99. The molecule has 0 saturated heterocycles. The maximum Gasteiger partial charge on any atom is 0.340 e. The number of benzene rings is 1. The molecule has 0 atom stereocenters. The van der Waals surface area contributed by atoms with Crippen molar-refractivity contribution in [1.29, 1.82) is 0 Å². The Morgan fingerprint density at radius 1 is 1.23 bits per heavy atom. The zero-order valence-corrected chi connectivity index (χ0v) is 14.8. The quantitative estimate of drug-likeness (QED) is 0.561. The van der Waals surface area contributed by atoms with Gasteiger partial charge in [0.05, 0.1) is 41.6 Å². The first kappa shape index (κ1) is 17.6. The van der Waals surface area contributed by atoms with Crippen molar-refractivity contribution in [1.82, 2.24) is 14.5 Å². The fraction of sp³-hybridized carbons (Fsp3) is 0.263. The first-order valence-corrected chi connectivity index (χ1v) is 8.27. The maximum atomic E-state index is 12.7. The molecule has 1 N–H and O–H groups in total. The minimum absolute atomic E-state index is 0.167. The minimum Gasteiger partial charge on any atom is -0.462 e. The van der Waals surface area contributed by atoms with Crippen molar-refractivity contribution in [3.8, 4) is 0 Å². The van der Waals surface area contributed by atoms with Gasteiger partial charge in [-0.15, -0.1) is 0 Å². The number of aromatic nitrogens is 3. The van der Waals surface area contributed by atoms with Crippen LogP contribution in [-0.2, 0) is 11.3 Å². The number of rotatable bonds is 5. The van der Waals surface area contributed by atoms with E-state index in [9.17, 15) is 14.4 Å². The molecule has 3 rings (SSSR count).